The van der Waals surface area contributed by atoms with E-state index in [1.54, 1.807) is 31.3 Å². The molecule has 1 atom stereocenters. The zero-order valence-corrected chi connectivity index (χ0v) is 17.5. The highest BCUT2D eigenvalue weighted by Crippen LogP contribution is 2.40. The molecule has 0 saturated carbocycles. The molecule has 1 aliphatic rings. The Hall–Kier alpha value is -2.92. The molecule has 1 unspecified atom stereocenters. The van der Waals surface area contributed by atoms with E-state index in [9.17, 15) is 13.2 Å². The van der Waals surface area contributed by atoms with Crippen LogP contribution in [0.25, 0.3) is 16.5 Å². The molecule has 0 spiro atoms. The highest BCUT2D eigenvalue weighted by atomic mass is 32.2. The number of hydrogen-bond acceptors (Lipinski definition) is 3. The van der Waals surface area contributed by atoms with Crippen LogP contribution in [0.4, 0.5) is 0 Å². The van der Waals surface area contributed by atoms with Gasteiger partial charge in [-0.3, -0.25) is 4.79 Å². The maximum absolute atomic E-state index is 13.9. The van der Waals surface area contributed by atoms with E-state index in [1.807, 2.05) is 50.3 Å². The first kappa shape index (κ1) is 19.4. The summed E-state index contributed by atoms with van der Waals surface area (Å²) in [5.74, 6) is 0. The van der Waals surface area contributed by atoms with Gasteiger partial charge in [-0.25, -0.2) is 12.4 Å². The minimum Gasteiger partial charge on any atom is -0.298 e. The largest absolute Gasteiger partial charge is 0.298 e. The van der Waals surface area contributed by atoms with Crippen LogP contribution in [0, 0.1) is 6.92 Å². The van der Waals surface area contributed by atoms with E-state index >= 15 is 0 Å². The zero-order valence-electron chi connectivity index (χ0n) is 16.7. The van der Waals surface area contributed by atoms with Gasteiger partial charge in [0, 0.05) is 17.1 Å². The average Bonchev–Trinajstić information content (AvgIpc) is 3.15. The molecule has 0 amide bonds. The molecule has 2 aromatic carbocycles. The molecule has 0 N–H and O–H groups in total. The number of allylic oxidation sites excluding steroid dienone is 3. The second kappa shape index (κ2) is 6.85. The topological polar surface area (TPSA) is 56.1 Å². The summed E-state index contributed by atoms with van der Waals surface area (Å²) in [6.45, 7) is 5.56. The van der Waals surface area contributed by atoms with Gasteiger partial charge in [0.2, 0.25) is 10.0 Å². The van der Waals surface area contributed by atoms with E-state index in [2.05, 4.69) is 6.08 Å². The number of aryl methyl sites for hydroxylation is 1. The van der Waals surface area contributed by atoms with Crippen LogP contribution in [0.1, 0.15) is 41.8 Å². The Labute approximate surface area is 171 Å². The van der Waals surface area contributed by atoms with Crippen LogP contribution in [0.5, 0.6) is 0 Å². The minimum absolute atomic E-state index is 0.378. The van der Waals surface area contributed by atoms with Crippen LogP contribution in [0.2, 0.25) is 0 Å². The van der Waals surface area contributed by atoms with Crippen molar-refractivity contribution < 1.29 is 13.2 Å². The van der Waals surface area contributed by atoms with Gasteiger partial charge in [0.05, 0.1) is 5.52 Å². The maximum atomic E-state index is 13.9. The standard InChI is InChI=1S/C24H23NO3S/c1-17-13-21(19-7-5-4-6-8-19)15-24(3,14-17)29(27,28)25-12-11-22-20(16-26)10-9-18(2)23(22)25/h4-14,16H,15H2,1-3H3. The summed E-state index contributed by atoms with van der Waals surface area (Å²) in [4.78, 5) is 11.4. The van der Waals surface area contributed by atoms with Crippen molar-refractivity contribution in [3.63, 3.8) is 0 Å². The van der Waals surface area contributed by atoms with Gasteiger partial charge >= 0.3 is 0 Å². The molecule has 4 nitrogen and oxygen atoms in total. The van der Waals surface area contributed by atoms with E-state index in [-0.39, 0.29) is 0 Å². The summed E-state index contributed by atoms with van der Waals surface area (Å²) in [6, 6.07) is 15.1. The van der Waals surface area contributed by atoms with Gasteiger partial charge in [0.15, 0.2) is 6.29 Å². The molecule has 0 fully saturated rings. The second-order valence-electron chi connectivity index (χ2n) is 7.88. The van der Waals surface area contributed by atoms with Crippen LogP contribution in [0.15, 0.2) is 72.5 Å². The molecule has 1 aromatic heterocycles. The number of aldehydes is 1. The van der Waals surface area contributed by atoms with Crippen LogP contribution < -0.4 is 0 Å². The monoisotopic (exact) mass is 405 g/mol. The molecule has 5 heteroatoms. The average molecular weight is 406 g/mol. The fourth-order valence-corrected chi connectivity index (χ4v) is 6.05. The number of hydrogen-bond donors (Lipinski definition) is 0. The molecule has 29 heavy (non-hydrogen) atoms. The third-order valence-corrected chi connectivity index (χ3v) is 7.91. The molecule has 4 rings (SSSR count). The molecular weight excluding hydrogens is 382 g/mol. The first-order chi connectivity index (χ1) is 13.8. The van der Waals surface area contributed by atoms with Gasteiger partial charge in [-0.1, -0.05) is 60.2 Å². The van der Waals surface area contributed by atoms with E-state index < -0.39 is 14.8 Å². The Morgan fingerprint density at radius 3 is 2.45 bits per heavy atom. The van der Waals surface area contributed by atoms with E-state index in [0.29, 0.717) is 22.9 Å². The highest BCUT2D eigenvalue weighted by Gasteiger charge is 2.41. The van der Waals surface area contributed by atoms with Crippen molar-refractivity contribution in [2.75, 3.05) is 0 Å². The Morgan fingerprint density at radius 1 is 1.03 bits per heavy atom. The minimum atomic E-state index is -3.78. The van der Waals surface area contributed by atoms with Crippen molar-refractivity contribution in [3.8, 4) is 0 Å². The molecular formula is C24H23NO3S. The number of carbonyl (C=O) groups is 1. The molecule has 1 aliphatic carbocycles. The molecule has 148 valence electrons. The van der Waals surface area contributed by atoms with Gasteiger partial charge in [-0.15, -0.1) is 0 Å². The fourth-order valence-electron chi connectivity index (χ4n) is 4.23. The predicted octanol–water partition coefficient (Wildman–Crippen LogP) is 5.13. The lowest BCUT2D eigenvalue weighted by atomic mass is 9.87. The van der Waals surface area contributed by atoms with Gasteiger partial charge in [0.25, 0.3) is 0 Å². The Balaban J connectivity index is 1.87. The smallest absolute Gasteiger partial charge is 0.248 e. The molecule has 0 bridgehead atoms. The van der Waals surface area contributed by atoms with Crippen molar-refractivity contribution in [3.05, 3.63) is 89.1 Å². The van der Waals surface area contributed by atoms with Gasteiger partial charge < -0.3 is 0 Å². The Kier molecular flexibility index (Phi) is 4.58. The first-order valence-electron chi connectivity index (χ1n) is 9.53. The summed E-state index contributed by atoms with van der Waals surface area (Å²) < 4.78 is 28.0. The number of benzene rings is 2. The van der Waals surface area contributed by atoms with E-state index in [0.717, 1.165) is 28.6 Å². The van der Waals surface area contributed by atoms with Crippen LogP contribution >= 0.6 is 0 Å². The quantitative estimate of drug-likeness (QED) is 0.565. The van der Waals surface area contributed by atoms with Crippen molar-refractivity contribution in [2.45, 2.75) is 31.9 Å². The van der Waals surface area contributed by atoms with Gasteiger partial charge in [0.1, 0.15) is 4.75 Å². The SMILES string of the molecule is CC1=CC(C)(S(=O)(=O)n2ccc3c(C=O)ccc(C)c32)CC(c2ccccc2)=C1. The van der Waals surface area contributed by atoms with Crippen molar-refractivity contribution in [1.82, 2.24) is 3.97 Å². The van der Waals surface area contributed by atoms with Crippen molar-refractivity contribution in [2.24, 2.45) is 0 Å². The normalized spacial score (nSPS) is 19.7. The zero-order chi connectivity index (χ0) is 20.8. The molecule has 0 radical (unpaired) electrons. The van der Waals surface area contributed by atoms with Gasteiger partial charge in [-0.2, -0.15) is 0 Å². The summed E-state index contributed by atoms with van der Waals surface area (Å²) in [5, 5.41) is 0.655. The predicted molar refractivity (Wildman–Crippen MR) is 118 cm³/mol. The molecule has 0 aliphatic heterocycles. The van der Waals surface area contributed by atoms with Crippen LogP contribution in [0.3, 0.4) is 0 Å². The lowest BCUT2D eigenvalue weighted by Gasteiger charge is -2.32. The molecule has 3 aromatic rings. The van der Waals surface area contributed by atoms with Gasteiger partial charge in [-0.05, 0) is 50.0 Å². The Morgan fingerprint density at radius 2 is 1.76 bits per heavy atom. The van der Waals surface area contributed by atoms with Crippen molar-refractivity contribution >= 4 is 32.8 Å². The number of carbonyl (C=O) groups excluding carboxylic acids is 1. The maximum Gasteiger partial charge on any atom is 0.248 e. The third kappa shape index (κ3) is 3.06. The van der Waals surface area contributed by atoms with E-state index in [1.165, 1.54) is 3.97 Å². The lowest BCUT2D eigenvalue weighted by molar-refractivity contribution is 0.112. The number of aromatic nitrogens is 1. The summed E-state index contributed by atoms with van der Waals surface area (Å²) in [5.41, 5.74) is 4.82. The van der Waals surface area contributed by atoms with Crippen LogP contribution in [-0.2, 0) is 10.0 Å². The fraction of sp³-hybridized carbons (Fsp3) is 0.208. The molecule has 1 heterocycles. The number of rotatable bonds is 4. The molecule has 0 saturated heterocycles. The van der Waals surface area contributed by atoms with Crippen molar-refractivity contribution in [1.29, 1.82) is 0 Å². The summed E-state index contributed by atoms with van der Waals surface area (Å²) in [7, 11) is -3.78. The van der Waals surface area contributed by atoms with E-state index in [4.69, 9.17) is 0 Å². The Bertz CT molecular complexity index is 1280. The van der Waals surface area contributed by atoms with Crippen LogP contribution in [-0.4, -0.2) is 23.4 Å². The lowest BCUT2D eigenvalue weighted by Crippen LogP contribution is -2.39. The first-order valence-corrected chi connectivity index (χ1v) is 11.0. The second-order valence-corrected chi connectivity index (χ2v) is 10.2. The summed E-state index contributed by atoms with van der Waals surface area (Å²) >= 11 is 0. The number of fused-ring (bicyclic) bond motifs is 1. The summed E-state index contributed by atoms with van der Waals surface area (Å²) in [6.07, 6.45) is 6.59. The third-order valence-electron chi connectivity index (χ3n) is 5.65. The number of nitrogens with zero attached hydrogens (tertiary/aromatic N) is 1. The highest BCUT2D eigenvalue weighted by molar-refractivity contribution is 7.91.